The van der Waals surface area contributed by atoms with E-state index in [0.29, 0.717) is 27.8 Å². The van der Waals surface area contributed by atoms with Gasteiger partial charge in [-0.3, -0.25) is 0 Å². The fourth-order valence-corrected chi connectivity index (χ4v) is 3.36. The first kappa shape index (κ1) is 16.3. The molecule has 26 heavy (non-hydrogen) atoms. The van der Waals surface area contributed by atoms with Crippen molar-refractivity contribution in [3.8, 4) is 17.4 Å². The maximum atomic E-state index is 13.3. The summed E-state index contributed by atoms with van der Waals surface area (Å²) < 4.78 is 25.3. The second-order valence-electron chi connectivity index (χ2n) is 5.40. The lowest BCUT2D eigenvalue weighted by Crippen LogP contribution is -2.37. The van der Waals surface area contributed by atoms with Crippen LogP contribution in [0.15, 0.2) is 47.0 Å². The number of hydrogen-bond acceptors (Lipinski definition) is 7. The second-order valence-corrected chi connectivity index (χ2v) is 6.43. The van der Waals surface area contributed by atoms with Crippen LogP contribution in [0.3, 0.4) is 0 Å². The summed E-state index contributed by atoms with van der Waals surface area (Å²) in [6.07, 6.45) is 0. The van der Waals surface area contributed by atoms with E-state index >= 15 is 0 Å². The summed E-state index contributed by atoms with van der Waals surface area (Å²) in [6.45, 7) is 0.163. The fraction of sp³-hybridized carbons (Fsp3) is 0.118. The third-order valence-electron chi connectivity index (χ3n) is 3.77. The van der Waals surface area contributed by atoms with Crippen molar-refractivity contribution in [2.45, 2.75) is 6.54 Å². The van der Waals surface area contributed by atoms with Gasteiger partial charge in [0.15, 0.2) is 11.1 Å². The van der Waals surface area contributed by atoms with Crippen LogP contribution in [0, 0.1) is 5.82 Å². The Bertz CT molecular complexity index is 1060. The van der Waals surface area contributed by atoms with Crippen molar-refractivity contribution in [2.75, 3.05) is 12.4 Å². The van der Waals surface area contributed by atoms with Crippen molar-refractivity contribution < 1.29 is 23.4 Å². The molecule has 0 aliphatic heterocycles. The summed E-state index contributed by atoms with van der Waals surface area (Å²) in [5.41, 5.74) is 1.68. The van der Waals surface area contributed by atoms with E-state index in [0.717, 1.165) is 4.70 Å². The first-order valence-electron chi connectivity index (χ1n) is 7.66. The van der Waals surface area contributed by atoms with E-state index in [4.69, 9.17) is 9.26 Å². The summed E-state index contributed by atoms with van der Waals surface area (Å²) in [7, 11) is 1.58. The third-order valence-corrected chi connectivity index (χ3v) is 4.75. The molecule has 0 atom stereocenters. The zero-order chi connectivity index (χ0) is 18.1. The summed E-state index contributed by atoms with van der Waals surface area (Å²) in [6, 6.07) is 11.5. The van der Waals surface area contributed by atoms with Gasteiger partial charge < -0.3 is 19.7 Å². The molecule has 4 aromatic rings. The SMILES string of the molecule is COc1ccc(-[n+]2noc([O-])c2CNc2nc3ccc(F)cc3s2)cc1. The van der Waals surface area contributed by atoms with E-state index in [-0.39, 0.29) is 12.4 Å². The minimum Gasteiger partial charge on any atom is -0.539 e. The molecule has 0 saturated heterocycles. The topological polar surface area (TPSA) is 87.1 Å². The number of benzene rings is 2. The molecular formula is C17H13FN4O3S. The summed E-state index contributed by atoms with van der Waals surface area (Å²) >= 11 is 1.30. The predicted molar refractivity (Wildman–Crippen MR) is 90.9 cm³/mol. The molecule has 0 aliphatic carbocycles. The molecule has 2 aromatic carbocycles. The average molecular weight is 372 g/mol. The normalized spacial score (nSPS) is 11.0. The number of thiazole rings is 1. The van der Waals surface area contributed by atoms with Gasteiger partial charge in [-0.2, -0.15) is 0 Å². The molecule has 0 unspecified atom stereocenters. The molecular weight excluding hydrogens is 359 g/mol. The van der Waals surface area contributed by atoms with E-state index in [1.54, 1.807) is 37.4 Å². The van der Waals surface area contributed by atoms with E-state index in [9.17, 15) is 9.50 Å². The maximum absolute atomic E-state index is 13.3. The standard InChI is InChI=1S/C17H13FN4O3S/c1-24-12-5-3-11(4-6-12)22-14(16(23)25-21-22)9-19-17-20-13-7-2-10(18)8-15(13)26-17/h2-8H,9H2,1H3,(H-,19,20,21,23). The molecule has 9 heteroatoms. The highest BCUT2D eigenvalue weighted by Crippen LogP contribution is 2.27. The first-order valence-corrected chi connectivity index (χ1v) is 8.48. The zero-order valence-corrected chi connectivity index (χ0v) is 14.4. The Morgan fingerprint density at radius 1 is 1.27 bits per heavy atom. The highest BCUT2D eigenvalue weighted by atomic mass is 32.1. The van der Waals surface area contributed by atoms with Crippen molar-refractivity contribution in [2.24, 2.45) is 0 Å². The average Bonchev–Trinajstić information content (AvgIpc) is 3.22. The van der Waals surface area contributed by atoms with Gasteiger partial charge in [-0.1, -0.05) is 11.3 Å². The lowest BCUT2D eigenvalue weighted by atomic mass is 10.3. The molecule has 0 radical (unpaired) electrons. The van der Waals surface area contributed by atoms with Crippen LogP contribution < -0.4 is 19.8 Å². The van der Waals surface area contributed by atoms with Gasteiger partial charge in [0.25, 0.3) is 5.69 Å². The Kier molecular flexibility index (Phi) is 4.13. The number of nitrogens with zero attached hydrogens (tertiary/aromatic N) is 3. The quantitative estimate of drug-likeness (QED) is 0.541. The Hall–Kier alpha value is -3.20. The van der Waals surface area contributed by atoms with Crippen LogP contribution >= 0.6 is 11.3 Å². The summed E-state index contributed by atoms with van der Waals surface area (Å²) in [4.78, 5) is 4.37. The summed E-state index contributed by atoms with van der Waals surface area (Å²) in [5.74, 6) is -0.159. The molecule has 132 valence electrons. The van der Waals surface area contributed by atoms with Crippen LogP contribution in [0.2, 0.25) is 0 Å². The van der Waals surface area contributed by atoms with E-state index in [1.165, 1.54) is 28.2 Å². The number of ether oxygens (including phenoxy) is 1. The van der Waals surface area contributed by atoms with Gasteiger partial charge in [-0.15, -0.1) is 0 Å². The fourth-order valence-electron chi connectivity index (χ4n) is 2.47. The third kappa shape index (κ3) is 3.04. The van der Waals surface area contributed by atoms with E-state index in [2.05, 4.69) is 15.6 Å². The molecule has 7 nitrogen and oxygen atoms in total. The lowest BCUT2D eigenvalue weighted by Gasteiger charge is -2.01. The second kappa shape index (κ2) is 6.60. The number of methoxy groups -OCH3 is 1. The van der Waals surface area contributed by atoms with Gasteiger partial charge in [-0.05, 0) is 35.0 Å². The Morgan fingerprint density at radius 3 is 2.85 bits per heavy atom. The van der Waals surface area contributed by atoms with Gasteiger partial charge in [0.2, 0.25) is 5.69 Å². The number of hydrogen-bond donors (Lipinski definition) is 1. The molecule has 0 spiro atoms. The largest absolute Gasteiger partial charge is 0.539 e. The van der Waals surface area contributed by atoms with E-state index in [1.807, 2.05) is 0 Å². The molecule has 0 fully saturated rings. The van der Waals surface area contributed by atoms with Crippen molar-refractivity contribution in [1.82, 2.24) is 10.3 Å². The highest BCUT2D eigenvalue weighted by Gasteiger charge is 2.20. The molecule has 0 aliphatic rings. The molecule has 0 bridgehead atoms. The Labute approximate surface area is 151 Å². The maximum Gasteiger partial charge on any atom is 0.259 e. The first-order chi connectivity index (χ1) is 12.6. The molecule has 1 N–H and O–H groups in total. The number of anilines is 1. The van der Waals surface area contributed by atoms with Crippen LogP contribution in [0.4, 0.5) is 9.52 Å². The number of halogens is 1. The van der Waals surface area contributed by atoms with E-state index < -0.39 is 5.95 Å². The number of rotatable bonds is 5. The van der Waals surface area contributed by atoms with Crippen LogP contribution in [-0.4, -0.2) is 17.4 Å². The van der Waals surface area contributed by atoms with Crippen molar-refractivity contribution in [3.63, 3.8) is 0 Å². The number of aromatic nitrogens is 3. The van der Waals surface area contributed by atoms with Crippen molar-refractivity contribution in [1.29, 1.82) is 0 Å². The van der Waals surface area contributed by atoms with Crippen LogP contribution in [0.5, 0.6) is 11.7 Å². The molecule has 0 saturated carbocycles. The molecule has 2 heterocycles. The summed E-state index contributed by atoms with van der Waals surface area (Å²) in [5, 5.41) is 19.4. The highest BCUT2D eigenvalue weighted by molar-refractivity contribution is 7.22. The zero-order valence-electron chi connectivity index (χ0n) is 13.6. The molecule has 4 rings (SSSR count). The number of nitrogens with one attached hydrogen (secondary N) is 1. The van der Waals surface area contributed by atoms with Gasteiger partial charge in [0, 0.05) is 12.1 Å². The molecule has 0 amide bonds. The van der Waals surface area contributed by atoms with Gasteiger partial charge in [0.05, 0.1) is 22.6 Å². The smallest absolute Gasteiger partial charge is 0.259 e. The minimum absolute atomic E-state index is 0.163. The lowest BCUT2D eigenvalue weighted by molar-refractivity contribution is -0.677. The van der Waals surface area contributed by atoms with Crippen molar-refractivity contribution >= 4 is 26.7 Å². The Balaban J connectivity index is 1.58. The monoisotopic (exact) mass is 372 g/mol. The minimum atomic E-state index is -0.541. The van der Waals surface area contributed by atoms with Gasteiger partial charge >= 0.3 is 0 Å². The predicted octanol–water partition coefficient (Wildman–Crippen LogP) is 2.39. The number of fused-ring (bicyclic) bond motifs is 1. The van der Waals surface area contributed by atoms with Gasteiger partial charge in [-0.25, -0.2) is 9.37 Å². The van der Waals surface area contributed by atoms with Crippen LogP contribution in [0.25, 0.3) is 15.9 Å². The van der Waals surface area contributed by atoms with Crippen LogP contribution in [-0.2, 0) is 6.54 Å². The van der Waals surface area contributed by atoms with Crippen LogP contribution in [0.1, 0.15) is 5.69 Å². The van der Waals surface area contributed by atoms with Crippen molar-refractivity contribution in [3.05, 3.63) is 54.0 Å². The molecule has 2 aromatic heterocycles. The Morgan fingerprint density at radius 2 is 2.08 bits per heavy atom. The van der Waals surface area contributed by atoms with Gasteiger partial charge in [0.1, 0.15) is 18.1 Å².